The summed E-state index contributed by atoms with van der Waals surface area (Å²) in [4.78, 5) is 4.20. The first kappa shape index (κ1) is 19.7. The quantitative estimate of drug-likeness (QED) is 0.386. The Morgan fingerprint density at radius 3 is 2.31 bits per heavy atom. The Morgan fingerprint density at radius 2 is 1.69 bits per heavy atom. The van der Waals surface area contributed by atoms with Crippen LogP contribution in [0.4, 0.5) is 10.1 Å². The number of methoxy groups -OCH3 is 1. The van der Waals surface area contributed by atoms with Gasteiger partial charge in [-0.3, -0.25) is 4.99 Å². The van der Waals surface area contributed by atoms with Gasteiger partial charge < -0.3 is 20.7 Å². The predicted molar refractivity (Wildman–Crippen MR) is 105 cm³/mol. The highest BCUT2D eigenvalue weighted by atomic mass is 19.1. The first-order valence-electron chi connectivity index (χ1n) is 8.63. The first-order valence-corrected chi connectivity index (χ1v) is 8.63. The fraction of sp³-hybridized carbons (Fsp3) is 0.350. The van der Waals surface area contributed by atoms with E-state index in [1.54, 1.807) is 33.2 Å². The number of anilines is 1. The molecule has 0 aliphatic heterocycles. The van der Waals surface area contributed by atoms with Crippen LogP contribution in [0, 0.1) is 12.7 Å². The molecule has 0 atom stereocenters. The number of benzene rings is 2. The topological polar surface area (TPSA) is 57.7 Å². The van der Waals surface area contributed by atoms with Crippen molar-refractivity contribution in [3.8, 4) is 0 Å². The molecule has 0 aromatic heterocycles. The fourth-order valence-corrected chi connectivity index (χ4v) is 2.38. The minimum absolute atomic E-state index is 0.188. The number of ether oxygens (including phenoxy) is 1. The molecule has 0 unspecified atom stereocenters. The molecular weight excluding hydrogens is 331 g/mol. The number of aliphatic imine (C=N–C) groups is 1. The van der Waals surface area contributed by atoms with E-state index in [1.807, 2.05) is 18.2 Å². The van der Waals surface area contributed by atoms with Crippen LogP contribution in [0.1, 0.15) is 16.7 Å². The summed E-state index contributed by atoms with van der Waals surface area (Å²) in [5.74, 6) is 0.486. The molecule has 0 fully saturated rings. The summed E-state index contributed by atoms with van der Waals surface area (Å²) in [5, 5.41) is 9.74. The molecule has 2 aromatic carbocycles. The van der Waals surface area contributed by atoms with Crippen LogP contribution in [0.5, 0.6) is 0 Å². The maximum absolute atomic E-state index is 13.6. The number of hydrogen-bond acceptors (Lipinski definition) is 3. The third kappa shape index (κ3) is 6.37. The molecule has 0 amide bonds. The zero-order valence-corrected chi connectivity index (χ0v) is 15.6. The van der Waals surface area contributed by atoms with Crippen LogP contribution in [-0.2, 0) is 17.8 Å². The summed E-state index contributed by atoms with van der Waals surface area (Å²) in [6, 6.07) is 13.4. The van der Waals surface area contributed by atoms with Crippen LogP contribution in [0.25, 0.3) is 0 Å². The van der Waals surface area contributed by atoms with Crippen LogP contribution in [0.15, 0.2) is 47.5 Å². The molecule has 0 bridgehead atoms. The third-order valence-corrected chi connectivity index (χ3v) is 3.97. The van der Waals surface area contributed by atoms with Gasteiger partial charge in [-0.25, -0.2) is 4.39 Å². The normalized spacial score (nSPS) is 11.3. The average Bonchev–Trinajstić information content (AvgIpc) is 2.66. The van der Waals surface area contributed by atoms with Gasteiger partial charge in [-0.1, -0.05) is 24.3 Å². The van der Waals surface area contributed by atoms with Gasteiger partial charge in [-0.2, -0.15) is 0 Å². The van der Waals surface area contributed by atoms with Gasteiger partial charge in [0.15, 0.2) is 5.96 Å². The van der Waals surface area contributed by atoms with Gasteiger partial charge in [-0.15, -0.1) is 0 Å². The highest BCUT2D eigenvalue weighted by Gasteiger charge is 2.02. The van der Waals surface area contributed by atoms with Crippen molar-refractivity contribution in [1.82, 2.24) is 10.6 Å². The van der Waals surface area contributed by atoms with E-state index in [1.165, 1.54) is 0 Å². The molecule has 140 valence electrons. The van der Waals surface area contributed by atoms with Gasteiger partial charge in [0.1, 0.15) is 5.82 Å². The number of halogens is 1. The van der Waals surface area contributed by atoms with Crippen molar-refractivity contribution in [3.63, 3.8) is 0 Å². The van der Waals surface area contributed by atoms with Crippen LogP contribution >= 0.6 is 0 Å². The van der Waals surface area contributed by atoms with Gasteiger partial charge in [0, 0.05) is 39.5 Å². The van der Waals surface area contributed by atoms with Gasteiger partial charge in [0.2, 0.25) is 0 Å². The van der Waals surface area contributed by atoms with Crippen molar-refractivity contribution in [2.75, 3.05) is 32.6 Å². The standard InChI is InChI=1S/C20H27FN4O/c1-15-4-5-17(12-19(15)21)14-25-20(22-2)24-13-16-6-8-18(9-7-16)23-10-11-26-3/h4-9,12,23H,10-11,13-14H2,1-3H3,(H2,22,24,25). The van der Waals surface area contributed by atoms with Crippen molar-refractivity contribution in [1.29, 1.82) is 0 Å². The Kier molecular flexibility index (Phi) is 7.89. The molecule has 0 aliphatic carbocycles. The molecule has 0 aliphatic rings. The molecule has 0 saturated heterocycles. The molecule has 0 radical (unpaired) electrons. The lowest BCUT2D eigenvalue weighted by Gasteiger charge is -2.13. The van der Waals surface area contributed by atoms with E-state index < -0.39 is 0 Å². The molecular formula is C20H27FN4O. The Labute approximate surface area is 154 Å². The molecule has 5 nitrogen and oxygen atoms in total. The summed E-state index contributed by atoms with van der Waals surface area (Å²) >= 11 is 0. The first-order chi connectivity index (χ1) is 12.6. The van der Waals surface area contributed by atoms with Crippen molar-refractivity contribution in [2.45, 2.75) is 20.0 Å². The second-order valence-corrected chi connectivity index (χ2v) is 5.98. The van der Waals surface area contributed by atoms with Crippen molar-refractivity contribution in [2.24, 2.45) is 4.99 Å². The Balaban J connectivity index is 1.80. The smallest absolute Gasteiger partial charge is 0.191 e. The SMILES string of the molecule is CN=C(NCc1ccc(NCCOC)cc1)NCc1ccc(C)c(F)c1. The molecule has 6 heteroatoms. The van der Waals surface area contributed by atoms with E-state index >= 15 is 0 Å². The van der Waals surface area contributed by atoms with Gasteiger partial charge in [0.25, 0.3) is 0 Å². The van der Waals surface area contributed by atoms with E-state index in [4.69, 9.17) is 4.74 Å². The van der Waals surface area contributed by atoms with Crippen molar-refractivity contribution >= 4 is 11.6 Å². The molecule has 2 aromatic rings. The van der Waals surface area contributed by atoms with Gasteiger partial charge >= 0.3 is 0 Å². The molecule has 0 saturated carbocycles. The molecule has 0 heterocycles. The number of rotatable bonds is 8. The van der Waals surface area contributed by atoms with Crippen LogP contribution in [0.3, 0.4) is 0 Å². The summed E-state index contributed by atoms with van der Waals surface area (Å²) in [5.41, 5.74) is 3.74. The van der Waals surface area contributed by atoms with Crippen LogP contribution in [-0.4, -0.2) is 33.3 Å². The van der Waals surface area contributed by atoms with E-state index in [-0.39, 0.29) is 5.82 Å². The maximum Gasteiger partial charge on any atom is 0.191 e. The summed E-state index contributed by atoms with van der Waals surface area (Å²) < 4.78 is 18.6. The number of nitrogens with one attached hydrogen (secondary N) is 3. The zero-order valence-electron chi connectivity index (χ0n) is 15.6. The molecule has 2 rings (SSSR count). The fourth-order valence-electron chi connectivity index (χ4n) is 2.38. The van der Waals surface area contributed by atoms with Crippen LogP contribution in [0.2, 0.25) is 0 Å². The summed E-state index contributed by atoms with van der Waals surface area (Å²) in [6.07, 6.45) is 0. The third-order valence-electron chi connectivity index (χ3n) is 3.97. The van der Waals surface area contributed by atoms with Gasteiger partial charge in [-0.05, 0) is 41.8 Å². The summed E-state index contributed by atoms with van der Waals surface area (Å²) in [6.45, 7) is 4.38. The average molecular weight is 358 g/mol. The number of nitrogens with zero attached hydrogens (tertiary/aromatic N) is 1. The monoisotopic (exact) mass is 358 g/mol. The molecule has 0 spiro atoms. The summed E-state index contributed by atoms with van der Waals surface area (Å²) in [7, 11) is 3.40. The molecule has 26 heavy (non-hydrogen) atoms. The van der Waals surface area contributed by atoms with Gasteiger partial charge in [0.05, 0.1) is 6.61 Å². The Morgan fingerprint density at radius 1 is 1.04 bits per heavy atom. The van der Waals surface area contributed by atoms with E-state index in [9.17, 15) is 4.39 Å². The van der Waals surface area contributed by atoms with E-state index in [2.05, 4.69) is 33.1 Å². The minimum atomic E-state index is -0.188. The highest BCUT2D eigenvalue weighted by Crippen LogP contribution is 2.10. The number of guanidine groups is 1. The maximum atomic E-state index is 13.6. The lowest BCUT2D eigenvalue weighted by atomic mass is 10.1. The second-order valence-electron chi connectivity index (χ2n) is 5.98. The minimum Gasteiger partial charge on any atom is -0.383 e. The predicted octanol–water partition coefficient (Wildman–Crippen LogP) is 3.06. The van der Waals surface area contributed by atoms with E-state index in [0.717, 1.165) is 23.4 Å². The number of hydrogen-bond donors (Lipinski definition) is 3. The van der Waals surface area contributed by atoms with E-state index in [0.29, 0.717) is 31.2 Å². The van der Waals surface area contributed by atoms with Crippen molar-refractivity contribution < 1.29 is 9.13 Å². The lowest BCUT2D eigenvalue weighted by Crippen LogP contribution is -2.36. The molecule has 3 N–H and O–H groups in total. The number of aryl methyl sites for hydroxylation is 1. The van der Waals surface area contributed by atoms with Crippen molar-refractivity contribution in [3.05, 3.63) is 65.0 Å². The highest BCUT2D eigenvalue weighted by molar-refractivity contribution is 5.79. The zero-order chi connectivity index (χ0) is 18.8. The Bertz CT molecular complexity index is 716. The Hall–Kier alpha value is -2.60. The largest absolute Gasteiger partial charge is 0.383 e. The van der Waals surface area contributed by atoms with Crippen LogP contribution < -0.4 is 16.0 Å². The second kappa shape index (κ2) is 10.4. The lowest BCUT2D eigenvalue weighted by molar-refractivity contribution is 0.211.